The van der Waals surface area contributed by atoms with Gasteiger partial charge < -0.3 is 0 Å². The van der Waals surface area contributed by atoms with Crippen LogP contribution < -0.4 is 5.56 Å². The van der Waals surface area contributed by atoms with Crippen molar-refractivity contribution in [3.8, 4) is 5.69 Å². The Morgan fingerprint density at radius 1 is 1.14 bits per heavy atom. The van der Waals surface area contributed by atoms with Crippen molar-refractivity contribution < 1.29 is 0 Å². The van der Waals surface area contributed by atoms with Gasteiger partial charge in [0.15, 0.2) is 0 Å². The Kier molecular flexibility index (Phi) is 4.15. The Morgan fingerprint density at radius 2 is 1.90 bits per heavy atom. The Bertz CT molecular complexity index is 892. The molecule has 0 amide bonds. The van der Waals surface area contributed by atoms with Gasteiger partial charge >= 0.3 is 0 Å². The molecule has 0 aliphatic heterocycles. The summed E-state index contributed by atoms with van der Waals surface area (Å²) in [6.45, 7) is 0. The van der Waals surface area contributed by atoms with E-state index in [-0.39, 0.29) is 11.4 Å². The summed E-state index contributed by atoms with van der Waals surface area (Å²) in [6.07, 6.45) is 0. The molecule has 1 aromatic heterocycles. The van der Waals surface area contributed by atoms with Gasteiger partial charge in [-0.3, -0.25) is 9.36 Å². The van der Waals surface area contributed by atoms with Crippen LogP contribution in [0, 0.1) is 0 Å². The lowest BCUT2D eigenvalue weighted by Crippen LogP contribution is -2.23. The van der Waals surface area contributed by atoms with Gasteiger partial charge in [0.1, 0.15) is 5.82 Å². The number of rotatable bonds is 2. The van der Waals surface area contributed by atoms with Crippen molar-refractivity contribution in [2.45, 2.75) is 5.88 Å². The summed E-state index contributed by atoms with van der Waals surface area (Å²) in [5.74, 6) is 0.672. The maximum absolute atomic E-state index is 12.8. The molecule has 0 radical (unpaired) electrons. The van der Waals surface area contributed by atoms with Crippen LogP contribution in [0.4, 0.5) is 0 Å². The van der Waals surface area contributed by atoms with E-state index in [1.54, 1.807) is 10.6 Å². The second kappa shape index (κ2) is 5.91. The lowest BCUT2D eigenvalue weighted by molar-refractivity contribution is 0.877. The third-order valence-corrected chi connectivity index (χ3v) is 4.48. The summed E-state index contributed by atoms with van der Waals surface area (Å²) in [4.78, 5) is 17.3. The molecular weight excluding hydrogens is 419 g/mol. The van der Waals surface area contributed by atoms with Gasteiger partial charge in [-0.25, -0.2) is 4.98 Å². The van der Waals surface area contributed by atoms with E-state index >= 15 is 0 Å². The Labute approximate surface area is 142 Å². The van der Waals surface area contributed by atoms with Crippen LogP contribution in [0.3, 0.4) is 0 Å². The fourth-order valence-corrected chi connectivity index (χ4v) is 3.58. The zero-order chi connectivity index (χ0) is 15.0. The van der Waals surface area contributed by atoms with Gasteiger partial charge in [-0.05, 0) is 46.3 Å². The van der Waals surface area contributed by atoms with E-state index in [4.69, 9.17) is 11.6 Å². The number of halogens is 3. The zero-order valence-electron chi connectivity index (χ0n) is 10.7. The topological polar surface area (TPSA) is 34.9 Å². The summed E-state index contributed by atoms with van der Waals surface area (Å²) in [5.41, 5.74) is 1.25. The molecule has 0 aliphatic carbocycles. The summed E-state index contributed by atoms with van der Waals surface area (Å²) in [6, 6.07) is 12.9. The van der Waals surface area contributed by atoms with Gasteiger partial charge in [-0.15, -0.1) is 11.6 Å². The first-order valence-corrected chi connectivity index (χ1v) is 8.26. The molecule has 6 heteroatoms. The number of para-hydroxylation sites is 1. The highest BCUT2D eigenvalue weighted by Gasteiger charge is 2.14. The van der Waals surface area contributed by atoms with Gasteiger partial charge in [-0.1, -0.05) is 28.1 Å². The van der Waals surface area contributed by atoms with Crippen LogP contribution in [0.15, 0.2) is 56.2 Å². The SMILES string of the molecule is O=c1c2ccccc2nc(CCl)n1-c1ccc(Br)cc1Br. The van der Waals surface area contributed by atoms with Crippen molar-refractivity contribution in [2.24, 2.45) is 0 Å². The second-order valence-corrected chi connectivity index (χ2v) is 6.45. The summed E-state index contributed by atoms with van der Waals surface area (Å²) >= 11 is 12.9. The highest BCUT2D eigenvalue weighted by atomic mass is 79.9. The molecule has 1 heterocycles. The normalized spacial score (nSPS) is 11.0. The minimum absolute atomic E-state index is 0.126. The van der Waals surface area contributed by atoms with E-state index in [9.17, 15) is 4.79 Å². The molecule has 0 atom stereocenters. The lowest BCUT2D eigenvalue weighted by Gasteiger charge is -2.13. The Balaban J connectivity index is 2.41. The van der Waals surface area contributed by atoms with Crippen LogP contribution in [-0.4, -0.2) is 9.55 Å². The number of aromatic nitrogens is 2. The molecule has 3 rings (SSSR count). The molecule has 3 nitrogen and oxygen atoms in total. The minimum Gasteiger partial charge on any atom is -0.268 e. The van der Waals surface area contributed by atoms with E-state index in [0.717, 1.165) is 14.6 Å². The van der Waals surface area contributed by atoms with Crippen LogP contribution in [0.1, 0.15) is 5.82 Å². The largest absolute Gasteiger partial charge is 0.268 e. The first-order chi connectivity index (χ1) is 10.1. The number of hydrogen-bond donors (Lipinski definition) is 0. The highest BCUT2D eigenvalue weighted by Crippen LogP contribution is 2.26. The molecule has 0 saturated heterocycles. The molecule has 2 aromatic carbocycles. The predicted octanol–water partition coefficient (Wildman–Crippen LogP) is 4.65. The van der Waals surface area contributed by atoms with Crippen molar-refractivity contribution >= 4 is 54.4 Å². The summed E-state index contributed by atoms with van der Waals surface area (Å²) in [7, 11) is 0. The highest BCUT2D eigenvalue weighted by molar-refractivity contribution is 9.11. The molecule has 3 aromatic rings. The van der Waals surface area contributed by atoms with Gasteiger partial charge in [0.2, 0.25) is 0 Å². The first kappa shape index (κ1) is 14.8. The maximum Gasteiger partial charge on any atom is 0.266 e. The monoisotopic (exact) mass is 426 g/mol. The molecule has 0 spiro atoms. The molecule has 106 valence electrons. The number of fused-ring (bicyclic) bond motifs is 1. The molecule has 0 saturated carbocycles. The minimum atomic E-state index is -0.126. The van der Waals surface area contributed by atoms with E-state index < -0.39 is 0 Å². The van der Waals surface area contributed by atoms with Crippen molar-refractivity contribution in [3.05, 3.63) is 67.6 Å². The molecular formula is C15H9Br2ClN2O. The zero-order valence-corrected chi connectivity index (χ0v) is 14.6. The van der Waals surface area contributed by atoms with Gasteiger partial charge in [0.05, 0.1) is 22.5 Å². The fraction of sp³-hybridized carbons (Fsp3) is 0.0667. The Morgan fingerprint density at radius 3 is 2.62 bits per heavy atom. The fourth-order valence-electron chi connectivity index (χ4n) is 2.18. The Hall–Kier alpha value is -1.17. The van der Waals surface area contributed by atoms with E-state index in [1.807, 2.05) is 36.4 Å². The van der Waals surface area contributed by atoms with E-state index in [0.29, 0.717) is 16.7 Å². The van der Waals surface area contributed by atoms with E-state index in [1.165, 1.54) is 0 Å². The second-order valence-electron chi connectivity index (χ2n) is 4.42. The predicted molar refractivity (Wildman–Crippen MR) is 92.3 cm³/mol. The quantitative estimate of drug-likeness (QED) is 0.557. The third-order valence-electron chi connectivity index (χ3n) is 3.12. The van der Waals surface area contributed by atoms with Crippen LogP contribution in [0.25, 0.3) is 16.6 Å². The van der Waals surface area contributed by atoms with Crippen molar-refractivity contribution in [2.75, 3.05) is 0 Å². The van der Waals surface area contributed by atoms with Crippen LogP contribution in [-0.2, 0) is 5.88 Å². The molecule has 0 fully saturated rings. The maximum atomic E-state index is 12.8. The number of nitrogens with zero attached hydrogens (tertiary/aromatic N) is 2. The van der Waals surface area contributed by atoms with Crippen LogP contribution in [0.5, 0.6) is 0 Å². The third kappa shape index (κ3) is 2.65. The van der Waals surface area contributed by atoms with Gasteiger partial charge in [0, 0.05) is 8.95 Å². The van der Waals surface area contributed by atoms with Crippen molar-refractivity contribution in [1.29, 1.82) is 0 Å². The first-order valence-electron chi connectivity index (χ1n) is 6.14. The molecule has 21 heavy (non-hydrogen) atoms. The molecule has 0 bridgehead atoms. The van der Waals surface area contributed by atoms with Crippen LogP contribution >= 0.6 is 43.5 Å². The number of hydrogen-bond acceptors (Lipinski definition) is 2. The van der Waals surface area contributed by atoms with Crippen molar-refractivity contribution in [1.82, 2.24) is 9.55 Å². The van der Waals surface area contributed by atoms with Crippen LogP contribution in [0.2, 0.25) is 0 Å². The molecule has 0 unspecified atom stereocenters. The van der Waals surface area contributed by atoms with Gasteiger partial charge in [-0.2, -0.15) is 0 Å². The molecule has 0 aliphatic rings. The summed E-state index contributed by atoms with van der Waals surface area (Å²) < 4.78 is 3.26. The molecule has 0 N–H and O–H groups in total. The standard InChI is InChI=1S/C15H9Br2ClN2O/c16-9-5-6-13(11(17)7-9)20-14(8-18)19-12-4-2-1-3-10(12)15(20)21/h1-7H,8H2. The number of alkyl halides is 1. The van der Waals surface area contributed by atoms with E-state index in [2.05, 4.69) is 36.8 Å². The number of benzene rings is 2. The van der Waals surface area contributed by atoms with Gasteiger partial charge in [0.25, 0.3) is 5.56 Å². The average molecular weight is 429 g/mol. The smallest absolute Gasteiger partial charge is 0.266 e. The lowest BCUT2D eigenvalue weighted by atomic mass is 10.2. The summed E-state index contributed by atoms with van der Waals surface area (Å²) in [5, 5.41) is 0.571. The van der Waals surface area contributed by atoms with Crippen molar-refractivity contribution in [3.63, 3.8) is 0 Å². The average Bonchev–Trinajstić information content (AvgIpc) is 2.48.